The molecule has 4 amide bonds. The van der Waals surface area contributed by atoms with Gasteiger partial charge >= 0.3 is 17.8 Å². The summed E-state index contributed by atoms with van der Waals surface area (Å²) in [5.74, 6) is -2.27. The topological polar surface area (TPSA) is 57.7 Å². The van der Waals surface area contributed by atoms with E-state index < -0.39 is 17.8 Å². The predicted molar refractivity (Wildman–Crippen MR) is 30.8 cm³/mol. The van der Waals surface area contributed by atoms with Crippen LogP contribution in [0.25, 0.3) is 0 Å². The zero-order valence-corrected chi connectivity index (χ0v) is 5.89. The first-order valence-corrected chi connectivity index (χ1v) is 2.77. The van der Waals surface area contributed by atoms with Crippen LogP contribution in [0.4, 0.5) is 4.79 Å². The fourth-order valence-electron chi connectivity index (χ4n) is 0.419. The second kappa shape index (κ2) is 2.10. The van der Waals surface area contributed by atoms with Gasteiger partial charge in [-0.1, -0.05) is 0 Å². The molecule has 0 aromatic heterocycles. The summed E-state index contributed by atoms with van der Waals surface area (Å²) in [6.45, 7) is 0. The third kappa shape index (κ3) is 0.748. The molecule has 10 heavy (non-hydrogen) atoms. The van der Waals surface area contributed by atoms with Crippen LogP contribution in [0.2, 0.25) is 0 Å². The van der Waals surface area contributed by atoms with E-state index in [1.807, 2.05) is 0 Å². The van der Waals surface area contributed by atoms with Crippen molar-refractivity contribution in [3.8, 4) is 0 Å². The van der Waals surface area contributed by atoms with Crippen LogP contribution in [-0.4, -0.2) is 26.7 Å². The van der Waals surface area contributed by atoms with Gasteiger partial charge in [-0.2, -0.15) is 8.84 Å². The number of urea groups is 1. The minimum absolute atomic E-state index is 0.120. The van der Waals surface area contributed by atoms with Gasteiger partial charge in [-0.25, -0.2) is 4.79 Å². The number of hydrogen-bond donors (Lipinski definition) is 0. The van der Waals surface area contributed by atoms with Crippen molar-refractivity contribution in [2.24, 2.45) is 0 Å². The zero-order valence-electron chi connectivity index (χ0n) is 4.38. The first-order chi connectivity index (χ1) is 4.55. The standard InChI is InChI=1S/C3Cl2N2O3/c4-6-1(8)2(9)7(5)3(6)10. The highest BCUT2D eigenvalue weighted by molar-refractivity contribution is 6.58. The Hall–Kier alpha value is -0.810. The first kappa shape index (κ1) is 7.30. The summed E-state index contributed by atoms with van der Waals surface area (Å²) in [5, 5.41) is 0. The molecule has 0 bridgehead atoms. The van der Waals surface area contributed by atoms with Gasteiger partial charge in [-0.3, -0.25) is 9.59 Å². The van der Waals surface area contributed by atoms with E-state index >= 15 is 0 Å². The van der Waals surface area contributed by atoms with E-state index in [-0.39, 0.29) is 8.84 Å². The molecule has 1 rings (SSSR count). The van der Waals surface area contributed by atoms with E-state index in [1.54, 1.807) is 0 Å². The predicted octanol–water partition coefficient (Wildman–Crippen LogP) is 0.0848. The van der Waals surface area contributed by atoms with Crippen LogP contribution >= 0.6 is 23.6 Å². The van der Waals surface area contributed by atoms with Crippen LogP contribution < -0.4 is 0 Å². The van der Waals surface area contributed by atoms with Crippen molar-refractivity contribution in [2.75, 3.05) is 0 Å². The maximum atomic E-state index is 10.5. The van der Waals surface area contributed by atoms with Crippen molar-refractivity contribution < 1.29 is 14.4 Å². The van der Waals surface area contributed by atoms with Gasteiger partial charge in [0, 0.05) is 23.6 Å². The van der Waals surface area contributed by atoms with E-state index in [0.717, 1.165) is 0 Å². The molecule has 54 valence electrons. The highest BCUT2D eigenvalue weighted by Gasteiger charge is 2.43. The summed E-state index contributed by atoms with van der Waals surface area (Å²) >= 11 is 9.98. The molecule has 0 unspecified atom stereocenters. The normalized spacial score (nSPS) is 19.2. The molecule has 0 saturated carbocycles. The molecule has 1 heterocycles. The lowest BCUT2D eigenvalue weighted by Gasteiger charge is -1.97. The number of amides is 4. The van der Waals surface area contributed by atoms with Crippen molar-refractivity contribution in [1.29, 1.82) is 0 Å². The zero-order chi connectivity index (χ0) is 7.89. The van der Waals surface area contributed by atoms with Gasteiger partial charge < -0.3 is 0 Å². The molecule has 5 nitrogen and oxygen atoms in total. The van der Waals surface area contributed by atoms with Crippen LogP contribution in [0, 0.1) is 0 Å². The van der Waals surface area contributed by atoms with Crippen molar-refractivity contribution in [3.05, 3.63) is 0 Å². The molecule has 0 N–H and O–H groups in total. The van der Waals surface area contributed by atoms with Crippen LogP contribution in [0.15, 0.2) is 0 Å². The summed E-state index contributed by atoms with van der Waals surface area (Å²) in [5.41, 5.74) is 0. The number of carbonyl (C=O) groups is 3. The third-order valence-corrected chi connectivity index (χ3v) is 1.47. The minimum atomic E-state index is -1.14. The molecule has 1 saturated heterocycles. The molecule has 0 aromatic carbocycles. The lowest BCUT2D eigenvalue weighted by molar-refractivity contribution is -0.140. The Morgan fingerprint density at radius 3 is 1.30 bits per heavy atom. The highest BCUT2D eigenvalue weighted by atomic mass is 35.5. The van der Waals surface area contributed by atoms with Gasteiger partial charge in [-0.05, 0) is 0 Å². The van der Waals surface area contributed by atoms with E-state index in [0.29, 0.717) is 0 Å². The first-order valence-electron chi connectivity index (χ1n) is 2.09. The Balaban J connectivity index is 3.00. The summed E-state index contributed by atoms with van der Waals surface area (Å²) < 4.78 is 0.241. The van der Waals surface area contributed by atoms with Crippen LogP contribution in [0.3, 0.4) is 0 Å². The SMILES string of the molecule is O=C1C(=O)N(Cl)C(=O)N1Cl. The molecule has 1 fully saturated rings. The highest BCUT2D eigenvalue weighted by Crippen LogP contribution is 2.15. The summed E-state index contributed by atoms with van der Waals surface area (Å²) in [4.78, 5) is 31.3. The molecule has 0 aliphatic carbocycles. The summed E-state index contributed by atoms with van der Waals surface area (Å²) in [6, 6.07) is -1.04. The van der Waals surface area contributed by atoms with Crippen molar-refractivity contribution >= 4 is 41.4 Å². The van der Waals surface area contributed by atoms with Crippen molar-refractivity contribution in [3.63, 3.8) is 0 Å². The quantitative estimate of drug-likeness (QED) is 0.303. The van der Waals surface area contributed by atoms with Crippen LogP contribution in [0.1, 0.15) is 0 Å². The lowest BCUT2D eigenvalue weighted by atomic mass is 10.6. The molecule has 1 aliphatic heterocycles. The fourth-order valence-corrected chi connectivity index (χ4v) is 0.753. The Labute approximate surface area is 65.3 Å². The number of halogens is 2. The van der Waals surface area contributed by atoms with E-state index in [9.17, 15) is 14.4 Å². The van der Waals surface area contributed by atoms with Gasteiger partial charge in [0.1, 0.15) is 0 Å². The number of rotatable bonds is 0. The van der Waals surface area contributed by atoms with Gasteiger partial charge in [0.25, 0.3) is 0 Å². The number of carbonyl (C=O) groups excluding carboxylic acids is 3. The maximum absolute atomic E-state index is 10.5. The molecule has 0 atom stereocenters. The smallest absolute Gasteiger partial charge is 0.261 e. The van der Waals surface area contributed by atoms with Gasteiger partial charge in [0.15, 0.2) is 0 Å². The maximum Gasteiger partial charge on any atom is 0.364 e. The molecule has 0 aromatic rings. The van der Waals surface area contributed by atoms with E-state index in [2.05, 4.69) is 0 Å². The average Bonchev–Trinajstić information content (AvgIpc) is 2.07. The van der Waals surface area contributed by atoms with Gasteiger partial charge in [0.05, 0.1) is 0 Å². The minimum Gasteiger partial charge on any atom is -0.261 e. The average molecular weight is 183 g/mol. The monoisotopic (exact) mass is 182 g/mol. The molecular weight excluding hydrogens is 183 g/mol. The molecule has 0 spiro atoms. The number of hydrogen-bond acceptors (Lipinski definition) is 3. The second-order valence-corrected chi connectivity index (χ2v) is 2.13. The number of nitrogens with zero attached hydrogens (tertiary/aromatic N) is 2. The van der Waals surface area contributed by atoms with E-state index in [4.69, 9.17) is 23.6 Å². The van der Waals surface area contributed by atoms with Gasteiger partial charge in [0.2, 0.25) is 0 Å². The lowest BCUT2D eigenvalue weighted by Crippen LogP contribution is -2.19. The Kier molecular flexibility index (Phi) is 1.53. The second-order valence-electron chi connectivity index (χ2n) is 1.45. The molecule has 7 heteroatoms. The largest absolute Gasteiger partial charge is 0.364 e. The Morgan fingerprint density at radius 2 is 1.20 bits per heavy atom. The van der Waals surface area contributed by atoms with Crippen molar-refractivity contribution in [1.82, 2.24) is 8.84 Å². The summed E-state index contributed by atoms with van der Waals surface area (Å²) in [6.07, 6.45) is 0. The van der Waals surface area contributed by atoms with E-state index in [1.165, 1.54) is 0 Å². The summed E-state index contributed by atoms with van der Waals surface area (Å²) in [7, 11) is 0. The Bertz CT molecular complexity index is 206. The van der Waals surface area contributed by atoms with Gasteiger partial charge in [-0.15, -0.1) is 0 Å². The molecular formula is C3Cl2N2O3. The number of imide groups is 2. The van der Waals surface area contributed by atoms with Crippen molar-refractivity contribution in [2.45, 2.75) is 0 Å². The third-order valence-electron chi connectivity index (χ3n) is 0.875. The molecule has 1 aliphatic rings. The molecule has 0 radical (unpaired) electrons. The fraction of sp³-hybridized carbons (Fsp3) is 0. The van der Waals surface area contributed by atoms with Crippen LogP contribution in [0.5, 0.6) is 0 Å². The van der Waals surface area contributed by atoms with Crippen LogP contribution in [-0.2, 0) is 9.59 Å². The Morgan fingerprint density at radius 1 is 0.900 bits per heavy atom.